The maximum absolute atomic E-state index is 12.6. The van der Waals surface area contributed by atoms with E-state index in [1.54, 1.807) is 6.92 Å². The fraction of sp³-hybridized carbons (Fsp3) is 0.444. The molecule has 1 aliphatic heterocycles. The number of benzene rings is 1. The highest BCUT2D eigenvalue weighted by Crippen LogP contribution is 2.25. The molecular weight excluding hydrogens is 320 g/mol. The van der Waals surface area contributed by atoms with Crippen LogP contribution in [0.3, 0.4) is 0 Å². The van der Waals surface area contributed by atoms with E-state index >= 15 is 0 Å². The summed E-state index contributed by atoms with van der Waals surface area (Å²) in [7, 11) is 0. The van der Waals surface area contributed by atoms with Gasteiger partial charge >= 0.3 is 11.2 Å². The van der Waals surface area contributed by atoms with Gasteiger partial charge in [0.05, 0.1) is 4.92 Å². The van der Waals surface area contributed by atoms with E-state index in [1.807, 2.05) is 24.0 Å². The molecule has 25 heavy (non-hydrogen) atoms. The van der Waals surface area contributed by atoms with Gasteiger partial charge in [-0.1, -0.05) is 31.2 Å². The normalized spacial score (nSPS) is 14.1. The number of hydrogen-bond acceptors (Lipinski definition) is 5. The number of aromatic nitrogens is 2. The lowest BCUT2D eigenvalue weighted by Gasteiger charge is -2.22. The molecule has 132 valence electrons. The standard InChI is InChI=1S/C18H22N4O3/c1-3-10-21-13(2)19-17(16(18(21)23)22(24)25)20-11-8-14-6-4-5-7-15(14)9-12-20/h4-7H,3,8-12H2,1-2H3. The van der Waals surface area contributed by atoms with E-state index in [1.165, 1.54) is 15.7 Å². The number of aryl methyl sites for hydroxylation is 1. The number of fused-ring (bicyclic) bond motifs is 1. The highest BCUT2D eigenvalue weighted by Gasteiger charge is 2.29. The first-order chi connectivity index (χ1) is 12.0. The lowest BCUT2D eigenvalue weighted by molar-refractivity contribution is -0.386. The van der Waals surface area contributed by atoms with Crippen molar-refractivity contribution in [1.29, 1.82) is 0 Å². The number of rotatable bonds is 4. The zero-order valence-electron chi connectivity index (χ0n) is 14.6. The maximum Gasteiger partial charge on any atom is 0.376 e. The third-order valence-corrected chi connectivity index (χ3v) is 4.67. The lowest BCUT2D eigenvalue weighted by Crippen LogP contribution is -2.33. The van der Waals surface area contributed by atoms with Crippen molar-refractivity contribution in [1.82, 2.24) is 9.55 Å². The number of nitrogens with zero attached hydrogens (tertiary/aromatic N) is 4. The van der Waals surface area contributed by atoms with Crippen molar-refractivity contribution < 1.29 is 4.92 Å². The Kier molecular flexibility index (Phi) is 4.83. The quantitative estimate of drug-likeness (QED) is 0.630. The molecule has 0 saturated carbocycles. The molecule has 0 atom stereocenters. The minimum absolute atomic E-state index is 0.202. The molecule has 0 amide bonds. The zero-order chi connectivity index (χ0) is 18.0. The third kappa shape index (κ3) is 3.26. The summed E-state index contributed by atoms with van der Waals surface area (Å²) in [5.41, 5.74) is 1.54. The van der Waals surface area contributed by atoms with Crippen LogP contribution < -0.4 is 10.5 Å². The second kappa shape index (κ2) is 7.04. The minimum atomic E-state index is -0.589. The summed E-state index contributed by atoms with van der Waals surface area (Å²) >= 11 is 0. The molecule has 0 spiro atoms. The average Bonchev–Trinajstić information content (AvgIpc) is 2.80. The summed E-state index contributed by atoms with van der Waals surface area (Å²) in [5.74, 6) is 0.724. The molecule has 7 heteroatoms. The predicted octanol–water partition coefficient (Wildman–Crippen LogP) is 2.48. The van der Waals surface area contributed by atoms with Crippen LogP contribution in [0, 0.1) is 17.0 Å². The number of hydrogen-bond donors (Lipinski definition) is 0. The van der Waals surface area contributed by atoms with E-state index in [0.29, 0.717) is 25.5 Å². The van der Waals surface area contributed by atoms with Gasteiger partial charge in [-0.25, -0.2) is 4.98 Å². The SMILES string of the molecule is CCCn1c(C)nc(N2CCc3ccccc3CC2)c([N+](=O)[O-])c1=O. The van der Waals surface area contributed by atoms with Crippen LogP contribution in [0.5, 0.6) is 0 Å². The zero-order valence-corrected chi connectivity index (χ0v) is 14.6. The van der Waals surface area contributed by atoms with Gasteiger partial charge in [-0.05, 0) is 37.3 Å². The average molecular weight is 342 g/mol. The molecule has 1 aliphatic rings. The first-order valence-electron chi connectivity index (χ1n) is 8.60. The molecular formula is C18H22N4O3. The Balaban J connectivity index is 2.03. The van der Waals surface area contributed by atoms with Crippen molar-refractivity contribution in [3.8, 4) is 0 Å². The van der Waals surface area contributed by atoms with E-state index in [0.717, 1.165) is 19.3 Å². The third-order valence-electron chi connectivity index (χ3n) is 4.67. The van der Waals surface area contributed by atoms with Crippen LogP contribution in [0.2, 0.25) is 0 Å². The van der Waals surface area contributed by atoms with Crippen LogP contribution in [0.15, 0.2) is 29.1 Å². The molecule has 7 nitrogen and oxygen atoms in total. The molecule has 0 unspecified atom stereocenters. The summed E-state index contributed by atoms with van der Waals surface area (Å²) in [4.78, 5) is 30.0. The highest BCUT2D eigenvalue weighted by atomic mass is 16.6. The van der Waals surface area contributed by atoms with Crippen LogP contribution >= 0.6 is 0 Å². The van der Waals surface area contributed by atoms with Gasteiger partial charge in [0.25, 0.3) is 0 Å². The van der Waals surface area contributed by atoms with Crippen molar-refractivity contribution in [2.45, 2.75) is 39.7 Å². The number of anilines is 1. The van der Waals surface area contributed by atoms with Crippen LogP contribution in [0.1, 0.15) is 30.3 Å². The Morgan fingerprint density at radius 1 is 1.20 bits per heavy atom. The molecule has 0 radical (unpaired) electrons. The summed E-state index contributed by atoms with van der Waals surface area (Å²) in [5, 5.41) is 11.6. The molecule has 0 bridgehead atoms. The second-order valence-corrected chi connectivity index (χ2v) is 6.30. The minimum Gasteiger partial charge on any atom is -0.350 e. The van der Waals surface area contributed by atoms with Crippen molar-refractivity contribution in [3.63, 3.8) is 0 Å². The van der Waals surface area contributed by atoms with Crippen molar-refractivity contribution in [2.24, 2.45) is 0 Å². The Labute approximate surface area is 146 Å². The van der Waals surface area contributed by atoms with Gasteiger partial charge in [-0.2, -0.15) is 0 Å². The predicted molar refractivity (Wildman–Crippen MR) is 96.2 cm³/mol. The van der Waals surface area contributed by atoms with Crippen LogP contribution in [0.4, 0.5) is 11.5 Å². The van der Waals surface area contributed by atoms with Crippen molar-refractivity contribution in [2.75, 3.05) is 18.0 Å². The van der Waals surface area contributed by atoms with E-state index in [9.17, 15) is 14.9 Å². The monoisotopic (exact) mass is 342 g/mol. The van der Waals surface area contributed by atoms with E-state index in [2.05, 4.69) is 17.1 Å². The first-order valence-corrected chi connectivity index (χ1v) is 8.60. The molecule has 0 N–H and O–H groups in total. The van der Waals surface area contributed by atoms with Gasteiger partial charge < -0.3 is 4.90 Å². The van der Waals surface area contributed by atoms with E-state index in [4.69, 9.17) is 0 Å². The van der Waals surface area contributed by atoms with Gasteiger partial charge in [0.1, 0.15) is 5.82 Å². The molecule has 0 fully saturated rings. The van der Waals surface area contributed by atoms with Crippen molar-refractivity contribution >= 4 is 11.5 Å². The lowest BCUT2D eigenvalue weighted by atomic mass is 10.0. The van der Waals surface area contributed by atoms with E-state index in [-0.39, 0.29) is 5.82 Å². The first kappa shape index (κ1) is 17.1. The number of nitro groups is 1. The van der Waals surface area contributed by atoms with Gasteiger partial charge in [0.2, 0.25) is 5.82 Å². The summed E-state index contributed by atoms with van der Waals surface area (Å²) < 4.78 is 1.40. The summed E-state index contributed by atoms with van der Waals surface area (Å²) in [6.45, 7) is 5.32. The molecule has 2 aromatic rings. The van der Waals surface area contributed by atoms with Crippen LogP contribution in [-0.2, 0) is 19.4 Å². The molecule has 2 heterocycles. The molecule has 0 saturated heterocycles. The van der Waals surface area contributed by atoms with Gasteiger partial charge in [-0.3, -0.25) is 19.5 Å². The Bertz CT molecular complexity index is 833. The molecule has 1 aromatic heterocycles. The van der Waals surface area contributed by atoms with Gasteiger partial charge in [0, 0.05) is 19.6 Å². The van der Waals surface area contributed by atoms with Crippen LogP contribution in [-0.4, -0.2) is 27.6 Å². The summed E-state index contributed by atoms with van der Waals surface area (Å²) in [6, 6.07) is 8.19. The topological polar surface area (TPSA) is 81.3 Å². The molecule has 0 aliphatic carbocycles. The van der Waals surface area contributed by atoms with E-state index < -0.39 is 16.2 Å². The smallest absolute Gasteiger partial charge is 0.350 e. The van der Waals surface area contributed by atoms with Crippen LogP contribution in [0.25, 0.3) is 0 Å². The summed E-state index contributed by atoms with van der Waals surface area (Å²) in [6.07, 6.45) is 2.29. The fourth-order valence-corrected chi connectivity index (χ4v) is 3.38. The van der Waals surface area contributed by atoms with Gasteiger partial charge in [-0.15, -0.1) is 0 Å². The Morgan fingerprint density at radius 3 is 2.32 bits per heavy atom. The second-order valence-electron chi connectivity index (χ2n) is 6.30. The maximum atomic E-state index is 12.6. The largest absolute Gasteiger partial charge is 0.376 e. The van der Waals surface area contributed by atoms with Crippen molar-refractivity contribution in [3.05, 3.63) is 61.7 Å². The molecule has 3 rings (SSSR count). The molecule has 1 aromatic carbocycles. The Morgan fingerprint density at radius 2 is 1.80 bits per heavy atom. The van der Waals surface area contributed by atoms with Gasteiger partial charge in [0.15, 0.2) is 0 Å². The highest BCUT2D eigenvalue weighted by molar-refractivity contribution is 5.57. The fourth-order valence-electron chi connectivity index (χ4n) is 3.38. The Hall–Kier alpha value is -2.70.